The van der Waals surface area contributed by atoms with Gasteiger partial charge in [0.2, 0.25) is 5.75 Å². The Bertz CT molecular complexity index is 1040. The number of benzene rings is 2. The molecule has 8 nitrogen and oxygen atoms in total. The zero-order chi connectivity index (χ0) is 19.9. The van der Waals surface area contributed by atoms with E-state index >= 15 is 0 Å². The van der Waals surface area contributed by atoms with Crippen LogP contribution >= 0.6 is 11.6 Å². The van der Waals surface area contributed by atoms with Gasteiger partial charge in [-0.25, -0.2) is 5.43 Å². The molecule has 0 saturated heterocycles. The molecule has 0 bridgehead atoms. The average Bonchev–Trinajstić information content (AvgIpc) is 2.71. The Hall–Kier alpha value is -3.78. The lowest BCUT2D eigenvalue weighted by atomic mass is 10.2. The normalized spacial score (nSPS) is 10.6. The van der Waals surface area contributed by atoms with Crippen LogP contribution in [0.3, 0.4) is 0 Å². The number of carbonyl (C=O) groups is 1. The standard InChI is InChI=1S/C19H13ClN4O4/c20-15-3-1-2-4-17(15)28-18-6-5-13(11-16(18)24(26)27)12-22-23-19(25)14-7-9-21-10-8-14/h1-12H,(H,23,25). The highest BCUT2D eigenvalue weighted by atomic mass is 35.5. The molecule has 140 valence electrons. The summed E-state index contributed by atoms with van der Waals surface area (Å²) in [6, 6.07) is 14.0. The summed E-state index contributed by atoms with van der Waals surface area (Å²) < 4.78 is 5.56. The van der Waals surface area contributed by atoms with E-state index in [1.807, 2.05) is 0 Å². The zero-order valence-electron chi connectivity index (χ0n) is 14.3. The summed E-state index contributed by atoms with van der Waals surface area (Å²) >= 11 is 6.03. The first-order valence-electron chi connectivity index (χ1n) is 7.99. The molecule has 2 aromatic carbocycles. The predicted molar refractivity (Wildman–Crippen MR) is 104 cm³/mol. The van der Waals surface area contributed by atoms with Crippen molar-refractivity contribution < 1.29 is 14.5 Å². The topological polar surface area (TPSA) is 107 Å². The van der Waals surface area contributed by atoms with Crippen molar-refractivity contribution in [3.05, 3.63) is 93.3 Å². The van der Waals surface area contributed by atoms with Crippen LogP contribution in [0.1, 0.15) is 15.9 Å². The lowest BCUT2D eigenvalue weighted by Crippen LogP contribution is -2.17. The molecule has 1 amide bonds. The van der Waals surface area contributed by atoms with Gasteiger partial charge in [0.05, 0.1) is 16.2 Å². The number of nitro groups is 1. The maximum absolute atomic E-state index is 11.9. The quantitative estimate of drug-likeness (QED) is 0.381. The number of ether oxygens (including phenoxy) is 1. The van der Waals surface area contributed by atoms with Gasteiger partial charge in [0.25, 0.3) is 5.91 Å². The number of nitro benzene ring substituents is 1. The number of rotatable bonds is 6. The van der Waals surface area contributed by atoms with Gasteiger partial charge in [0, 0.05) is 29.6 Å². The van der Waals surface area contributed by atoms with Crippen molar-refractivity contribution in [3.8, 4) is 11.5 Å². The van der Waals surface area contributed by atoms with Gasteiger partial charge in [-0.2, -0.15) is 5.10 Å². The summed E-state index contributed by atoms with van der Waals surface area (Å²) in [6.45, 7) is 0. The fraction of sp³-hybridized carbons (Fsp3) is 0. The van der Waals surface area contributed by atoms with E-state index in [1.165, 1.54) is 42.9 Å². The number of pyridine rings is 1. The van der Waals surface area contributed by atoms with Crippen LogP contribution in [-0.2, 0) is 0 Å². The molecular formula is C19H13ClN4O4. The number of para-hydroxylation sites is 1. The summed E-state index contributed by atoms with van der Waals surface area (Å²) in [6.07, 6.45) is 4.27. The van der Waals surface area contributed by atoms with Gasteiger partial charge in [-0.05, 0) is 36.4 Å². The molecule has 0 aliphatic carbocycles. The molecule has 0 aliphatic heterocycles. The Labute approximate surface area is 164 Å². The van der Waals surface area contributed by atoms with Crippen LogP contribution in [0.4, 0.5) is 5.69 Å². The van der Waals surface area contributed by atoms with Crippen LogP contribution in [0.2, 0.25) is 5.02 Å². The number of halogens is 1. The molecule has 0 unspecified atom stereocenters. The zero-order valence-corrected chi connectivity index (χ0v) is 15.0. The van der Waals surface area contributed by atoms with Crippen molar-refractivity contribution >= 4 is 29.4 Å². The van der Waals surface area contributed by atoms with Crippen molar-refractivity contribution in [1.82, 2.24) is 10.4 Å². The molecule has 1 aromatic heterocycles. The largest absolute Gasteiger partial charge is 0.449 e. The van der Waals surface area contributed by atoms with E-state index in [0.717, 1.165) is 0 Å². The Morgan fingerprint density at radius 1 is 1.14 bits per heavy atom. The predicted octanol–water partition coefficient (Wildman–Crippen LogP) is 4.20. The van der Waals surface area contributed by atoms with Crippen molar-refractivity contribution in [2.45, 2.75) is 0 Å². The van der Waals surface area contributed by atoms with Crippen LogP contribution in [-0.4, -0.2) is 22.0 Å². The molecule has 0 radical (unpaired) electrons. The van der Waals surface area contributed by atoms with E-state index in [-0.39, 0.29) is 11.4 Å². The monoisotopic (exact) mass is 396 g/mol. The number of nitrogens with one attached hydrogen (secondary N) is 1. The number of aromatic nitrogens is 1. The summed E-state index contributed by atoms with van der Waals surface area (Å²) in [5.74, 6) is -0.0822. The minimum absolute atomic E-state index is 0.0380. The molecule has 3 rings (SSSR count). The van der Waals surface area contributed by atoms with Crippen molar-refractivity contribution in [1.29, 1.82) is 0 Å². The maximum Gasteiger partial charge on any atom is 0.312 e. The number of nitrogens with zero attached hydrogens (tertiary/aromatic N) is 3. The van der Waals surface area contributed by atoms with Crippen LogP contribution in [0, 0.1) is 10.1 Å². The number of hydrogen-bond acceptors (Lipinski definition) is 6. The lowest BCUT2D eigenvalue weighted by Gasteiger charge is -2.08. The Balaban J connectivity index is 1.76. The molecule has 1 heterocycles. The smallest absolute Gasteiger partial charge is 0.312 e. The van der Waals surface area contributed by atoms with Gasteiger partial charge in [0.15, 0.2) is 0 Å². The minimum Gasteiger partial charge on any atom is -0.449 e. The van der Waals surface area contributed by atoms with Crippen LogP contribution in [0.5, 0.6) is 11.5 Å². The first-order valence-corrected chi connectivity index (χ1v) is 8.36. The van der Waals surface area contributed by atoms with Gasteiger partial charge in [-0.3, -0.25) is 19.9 Å². The summed E-state index contributed by atoms with van der Waals surface area (Å²) in [4.78, 5) is 26.5. The fourth-order valence-electron chi connectivity index (χ4n) is 2.22. The average molecular weight is 397 g/mol. The molecule has 0 fully saturated rings. The van der Waals surface area contributed by atoms with Crippen LogP contribution in [0.25, 0.3) is 0 Å². The van der Waals surface area contributed by atoms with E-state index in [1.54, 1.807) is 30.3 Å². The molecule has 0 aliphatic rings. The van der Waals surface area contributed by atoms with Gasteiger partial charge in [-0.15, -0.1) is 0 Å². The highest BCUT2D eigenvalue weighted by Crippen LogP contribution is 2.35. The highest BCUT2D eigenvalue weighted by Gasteiger charge is 2.17. The maximum atomic E-state index is 11.9. The minimum atomic E-state index is -0.570. The third-order valence-corrected chi connectivity index (χ3v) is 3.87. The third-order valence-electron chi connectivity index (χ3n) is 3.56. The van der Waals surface area contributed by atoms with Gasteiger partial charge < -0.3 is 4.74 Å². The van der Waals surface area contributed by atoms with Crippen molar-refractivity contribution in [2.24, 2.45) is 5.10 Å². The van der Waals surface area contributed by atoms with Crippen molar-refractivity contribution in [2.75, 3.05) is 0 Å². The van der Waals surface area contributed by atoms with E-state index < -0.39 is 10.8 Å². The molecule has 0 atom stereocenters. The second-order valence-corrected chi connectivity index (χ2v) is 5.86. The first kappa shape index (κ1) is 19.0. The second kappa shape index (κ2) is 8.74. The van der Waals surface area contributed by atoms with E-state index in [0.29, 0.717) is 21.9 Å². The van der Waals surface area contributed by atoms with Gasteiger partial charge >= 0.3 is 5.69 Å². The molecular weight excluding hydrogens is 384 g/mol. The number of hydrazone groups is 1. The van der Waals surface area contributed by atoms with Gasteiger partial charge in [0.1, 0.15) is 5.75 Å². The fourth-order valence-corrected chi connectivity index (χ4v) is 2.40. The van der Waals surface area contributed by atoms with Crippen LogP contribution in [0.15, 0.2) is 72.1 Å². The van der Waals surface area contributed by atoms with E-state index in [2.05, 4.69) is 15.5 Å². The van der Waals surface area contributed by atoms with Gasteiger partial charge in [-0.1, -0.05) is 23.7 Å². The summed E-state index contributed by atoms with van der Waals surface area (Å²) in [7, 11) is 0. The van der Waals surface area contributed by atoms with E-state index in [4.69, 9.17) is 16.3 Å². The molecule has 0 spiro atoms. The molecule has 9 heteroatoms. The third kappa shape index (κ3) is 4.68. The summed E-state index contributed by atoms with van der Waals surface area (Å²) in [5, 5.41) is 15.5. The number of carbonyl (C=O) groups excluding carboxylic acids is 1. The van der Waals surface area contributed by atoms with Crippen molar-refractivity contribution in [3.63, 3.8) is 0 Å². The Morgan fingerprint density at radius 3 is 2.61 bits per heavy atom. The SMILES string of the molecule is O=C(NN=Cc1ccc(Oc2ccccc2Cl)c([N+](=O)[O-])c1)c1ccncc1. The molecule has 3 aromatic rings. The van der Waals surface area contributed by atoms with Crippen LogP contribution < -0.4 is 10.2 Å². The number of amides is 1. The number of hydrogen-bond donors (Lipinski definition) is 1. The van der Waals surface area contributed by atoms with E-state index in [9.17, 15) is 14.9 Å². The first-order chi connectivity index (χ1) is 13.5. The Morgan fingerprint density at radius 2 is 1.89 bits per heavy atom. The summed E-state index contributed by atoms with van der Waals surface area (Å²) in [5.41, 5.74) is 2.88. The molecule has 1 N–H and O–H groups in total. The molecule has 28 heavy (non-hydrogen) atoms. The highest BCUT2D eigenvalue weighted by molar-refractivity contribution is 6.32. The second-order valence-electron chi connectivity index (χ2n) is 5.45. The lowest BCUT2D eigenvalue weighted by molar-refractivity contribution is -0.385. The Kier molecular flexibility index (Phi) is 5.93. The molecule has 0 saturated carbocycles.